The van der Waals surface area contributed by atoms with Crippen molar-refractivity contribution in [2.24, 2.45) is 11.8 Å². The molecule has 2 heterocycles. The molecule has 4 unspecified atom stereocenters. The Balaban J connectivity index is 1.77. The summed E-state index contributed by atoms with van der Waals surface area (Å²) in [4.78, 5) is 40.8. The molecule has 4 rings (SSSR count). The first kappa shape index (κ1) is 25.8. The lowest BCUT2D eigenvalue weighted by molar-refractivity contribution is -0.156. The van der Waals surface area contributed by atoms with E-state index in [-0.39, 0.29) is 12.2 Å². The van der Waals surface area contributed by atoms with Crippen molar-refractivity contribution in [3.63, 3.8) is 0 Å². The fourth-order valence-electron chi connectivity index (χ4n) is 5.15. The number of nitrogens with zero attached hydrogens (tertiary/aromatic N) is 1. The van der Waals surface area contributed by atoms with Gasteiger partial charge in [0.15, 0.2) is 5.54 Å². The predicted molar refractivity (Wildman–Crippen MR) is 122 cm³/mol. The van der Waals surface area contributed by atoms with Crippen LogP contribution in [-0.2, 0) is 31.9 Å². The number of hydrogen-bond acceptors (Lipinski definition) is 5. The van der Waals surface area contributed by atoms with Gasteiger partial charge in [-0.1, -0.05) is 42.5 Å². The second-order valence-corrected chi connectivity index (χ2v) is 10.2. The number of fused-ring (bicyclic) bond motifs is 1. The van der Waals surface area contributed by atoms with E-state index in [0.717, 1.165) is 22.6 Å². The van der Waals surface area contributed by atoms with Gasteiger partial charge in [0.1, 0.15) is 0 Å². The van der Waals surface area contributed by atoms with Gasteiger partial charge in [0.25, 0.3) is 0 Å². The highest BCUT2D eigenvalue weighted by atomic mass is 19.4. The fourth-order valence-corrected chi connectivity index (χ4v) is 5.15. The van der Waals surface area contributed by atoms with Crippen molar-refractivity contribution in [3.8, 4) is 0 Å². The van der Waals surface area contributed by atoms with Crippen LogP contribution in [0.25, 0.3) is 0 Å². The maximum absolute atomic E-state index is 13.6. The lowest BCUT2D eigenvalue weighted by Crippen LogP contribution is -2.60. The van der Waals surface area contributed by atoms with Gasteiger partial charge in [-0.2, -0.15) is 13.2 Å². The van der Waals surface area contributed by atoms with Crippen LogP contribution in [-0.4, -0.2) is 45.5 Å². The van der Waals surface area contributed by atoms with Gasteiger partial charge < -0.3 is 9.84 Å². The number of carboxylic acids is 1. The van der Waals surface area contributed by atoms with Gasteiger partial charge in [-0.25, -0.2) is 0 Å². The minimum absolute atomic E-state index is 0.0499. The topological polar surface area (TPSA) is 95.9 Å². The normalized spacial score (nSPS) is 26.4. The molecule has 192 valence electrons. The maximum atomic E-state index is 13.6. The average molecular weight is 505 g/mol. The molecule has 0 aromatic heterocycles. The van der Waals surface area contributed by atoms with Gasteiger partial charge >= 0.3 is 12.1 Å². The fraction of sp³-hybridized carbons (Fsp3) is 0.423. The molecule has 2 aliphatic heterocycles. The van der Waals surface area contributed by atoms with E-state index in [0.29, 0.717) is 0 Å². The van der Waals surface area contributed by atoms with Crippen LogP contribution in [0.3, 0.4) is 0 Å². The second kappa shape index (κ2) is 9.01. The number of likely N-dealkylation sites (tertiary alicyclic amines) is 1. The van der Waals surface area contributed by atoms with E-state index in [2.05, 4.69) is 5.32 Å². The van der Waals surface area contributed by atoms with Crippen molar-refractivity contribution in [2.45, 2.75) is 50.7 Å². The maximum Gasteiger partial charge on any atom is 0.416 e. The van der Waals surface area contributed by atoms with Crippen LogP contribution < -0.4 is 5.32 Å². The first-order chi connectivity index (χ1) is 16.8. The standard InChI is InChI=1S/C26H27F3N2O5/c1-24(2,3)31-21(32)18-19(22(31)33)25(23(34)35,14-36-13-15-8-5-4-6-9-15)30-20(18)16-10-7-11-17(12-16)26(27,28)29/h4-12,18-20,30H,13-14H2,1-3H3,(H,34,35). The molecule has 2 aliphatic rings. The van der Waals surface area contributed by atoms with E-state index in [1.54, 1.807) is 45.0 Å². The third-order valence-electron chi connectivity index (χ3n) is 6.72. The van der Waals surface area contributed by atoms with E-state index in [1.165, 1.54) is 12.1 Å². The van der Waals surface area contributed by atoms with Crippen LogP contribution in [0.1, 0.15) is 43.5 Å². The van der Waals surface area contributed by atoms with Crippen molar-refractivity contribution >= 4 is 17.8 Å². The number of rotatable bonds is 6. The summed E-state index contributed by atoms with van der Waals surface area (Å²) in [5.41, 5.74) is -3.07. The lowest BCUT2D eigenvalue weighted by Gasteiger charge is -2.35. The quantitative estimate of drug-likeness (QED) is 0.582. The summed E-state index contributed by atoms with van der Waals surface area (Å²) in [6.07, 6.45) is -4.64. The minimum atomic E-state index is -4.64. The number of ether oxygens (including phenoxy) is 1. The summed E-state index contributed by atoms with van der Waals surface area (Å²) in [6.45, 7) is 4.51. The van der Waals surface area contributed by atoms with Crippen LogP contribution in [0, 0.1) is 11.8 Å². The zero-order chi connectivity index (χ0) is 26.5. The zero-order valence-electron chi connectivity index (χ0n) is 20.0. The summed E-state index contributed by atoms with van der Waals surface area (Å²) in [6, 6.07) is 12.2. The summed E-state index contributed by atoms with van der Waals surface area (Å²) in [5.74, 6) is -5.31. The third-order valence-corrected chi connectivity index (χ3v) is 6.72. The molecule has 2 fully saturated rings. The number of aliphatic carboxylic acids is 1. The molecule has 36 heavy (non-hydrogen) atoms. The van der Waals surface area contributed by atoms with Crippen LogP contribution >= 0.6 is 0 Å². The number of carbonyl (C=O) groups is 3. The monoisotopic (exact) mass is 504 g/mol. The molecule has 2 N–H and O–H groups in total. The molecule has 0 spiro atoms. The van der Waals surface area contributed by atoms with Gasteiger partial charge in [-0.15, -0.1) is 0 Å². The number of carbonyl (C=O) groups excluding carboxylic acids is 2. The first-order valence-electron chi connectivity index (χ1n) is 11.5. The molecular weight excluding hydrogens is 477 g/mol. The van der Waals surface area contributed by atoms with Crippen molar-refractivity contribution in [3.05, 3.63) is 71.3 Å². The van der Waals surface area contributed by atoms with E-state index < -0.39 is 65.1 Å². The van der Waals surface area contributed by atoms with Gasteiger partial charge in [-0.05, 0) is 44.0 Å². The molecule has 2 aromatic rings. The van der Waals surface area contributed by atoms with Crippen LogP contribution in [0.2, 0.25) is 0 Å². The molecule has 2 amide bonds. The molecule has 2 aromatic carbocycles. The number of nitrogens with one attached hydrogen (secondary N) is 1. The molecule has 0 radical (unpaired) electrons. The van der Waals surface area contributed by atoms with Gasteiger partial charge in [0.05, 0.1) is 30.6 Å². The Kier molecular flexibility index (Phi) is 6.47. The number of alkyl halides is 3. The van der Waals surface area contributed by atoms with Crippen molar-refractivity contribution in [1.29, 1.82) is 0 Å². The van der Waals surface area contributed by atoms with Crippen molar-refractivity contribution < 1.29 is 37.4 Å². The van der Waals surface area contributed by atoms with Gasteiger partial charge in [0, 0.05) is 11.6 Å². The molecule has 0 bridgehead atoms. The summed E-state index contributed by atoms with van der Waals surface area (Å²) < 4.78 is 46.0. The van der Waals surface area contributed by atoms with E-state index in [1.807, 2.05) is 6.07 Å². The van der Waals surface area contributed by atoms with Crippen LogP contribution in [0.5, 0.6) is 0 Å². The Morgan fingerprint density at radius 1 is 1.06 bits per heavy atom. The summed E-state index contributed by atoms with van der Waals surface area (Å²) >= 11 is 0. The highest BCUT2D eigenvalue weighted by molar-refractivity contribution is 6.10. The molecular formula is C26H27F3N2O5. The number of amides is 2. The molecule has 7 nitrogen and oxygen atoms in total. The number of carboxylic acid groups (broad SMARTS) is 1. The van der Waals surface area contributed by atoms with Gasteiger partial charge in [0.2, 0.25) is 11.8 Å². The number of benzene rings is 2. The van der Waals surface area contributed by atoms with E-state index in [4.69, 9.17) is 4.74 Å². The number of hydrogen-bond donors (Lipinski definition) is 2. The van der Waals surface area contributed by atoms with Crippen LogP contribution in [0.4, 0.5) is 13.2 Å². The Morgan fingerprint density at radius 2 is 1.72 bits per heavy atom. The summed E-state index contributed by atoms with van der Waals surface area (Å²) in [5, 5.41) is 13.2. The lowest BCUT2D eigenvalue weighted by atomic mass is 9.79. The summed E-state index contributed by atoms with van der Waals surface area (Å²) in [7, 11) is 0. The van der Waals surface area contributed by atoms with E-state index in [9.17, 15) is 32.7 Å². The Labute approximate surface area is 206 Å². The largest absolute Gasteiger partial charge is 0.480 e. The van der Waals surface area contributed by atoms with Gasteiger partial charge in [-0.3, -0.25) is 24.6 Å². The minimum Gasteiger partial charge on any atom is -0.480 e. The molecule has 0 aliphatic carbocycles. The molecule has 0 saturated carbocycles. The second-order valence-electron chi connectivity index (χ2n) is 10.2. The average Bonchev–Trinajstić information content (AvgIpc) is 3.28. The highest BCUT2D eigenvalue weighted by Crippen LogP contribution is 2.51. The highest BCUT2D eigenvalue weighted by Gasteiger charge is 2.69. The predicted octanol–water partition coefficient (Wildman–Crippen LogP) is 3.79. The van der Waals surface area contributed by atoms with Crippen LogP contribution in [0.15, 0.2) is 54.6 Å². The number of halogens is 3. The van der Waals surface area contributed by atoms with E-state index >= 15 is 0 Å². The SMILES string of the molecule is CC(C)(C)N1C(=O)C2C(c3cccc(C(F)(F)F)c3)NC(COCc3ccccc3)(C(=O)O)C2C1=O. The smallest absolute Gasteiger partial charge is 0.416 e. The Bertz CT molecular complexity index is 1180. The Hall–Kier alpha value is -3.24. The Morgan fingerprint density at radius 3 is 2.31 bits per heavy atom. The number of imide groups is 1. The molecule has 10 heteroatoms. The molecule has 4 atom stereocenters. The molecule has 2 saturated heterocycles. The third kappa shape index (κ3) is 4.39. The first-order valence-corrected chi connectivity index (χ1v) is 11.5. The zero-order valence-corrected chi connectivity index (χ0v) is 20.0. The van der Waals surface area contributed by atoms with Crippen molar-refractivity contribution in [2.75, 3.05) is 6.61 Å². The van der Waals surface area contributed by atoms with Crippen molar-refractivity contribution in [1.82, 2.24) is 10.2 Å².